The van der Waals surface area contributed by atoms with Crippen LogP contribution >= 0.6 is 0 Å². The third-order valence-electron chi connectivity index (χ3n) is 2.10. The standard InChI is InChI=1S/C8H10N4O2S/c1-9-15(13,14)8-7-6(12(2)11-8)4-3-5-10-7/h3-5,9H,1-2H3. The number of rotatable bonds is 2. The first-order chi connectivity index (χ1) is 7.06. The minimum atomic E-state index is -3.55. The number of pyridine rings is 1. The number of fused-ring (bicyclic) bond motifs is 1. The monoisotopic (exact) mass is 226 g/mol. The number of nitrogens with zero attached hydrogens (tertiary/aromatic N) is 3. The third kappa shape index (κ3) is 1.49. The van der Waals surface area contributed by atoms with Crippen LogP contribution in [0.2, 0.25) is 0 Å². The lowest BCUT2D eigenvalue weighted by molar-refractivity contribution is 0.581. The van der Waals surface area contributed by atoms with Crippen molar-refractivity contribution < 1.29 is 8.42 Å². The molecule has 0 saturated carbocycles. The average Bonchev–Trinajstić information content (AvgIpc) is 2.58. The van der Waals surface area contributed by atoms with Crippen molar-refractivity contribution in [2.75, 3.05) is 7.05 Å². The zero-order valence-corrected chi connectivity index (χ0v) is 9.11. The number of aryl methyl sites for hydroxylation is 1. The highest BCUT2D eigenvalue weighted by Gasteiger charge is 2.21. The largest absolute Gasteiger partial charge is 0.265 e. The van der Waals surface area contributed by atoms with Crippen LogP contribution in [-0.4, -0.2) is 30.2 Å². The van der Waals surface area contributed by atoms with Gasteiger partial charge in [0.15, 0.2) is 0 Å². The summed E-state index contributed by atoms with van der Waals surface area (Å²) < 4.78 is 26.9. The van der Waals surface area contributed by atoms with Gasteiger partial charge >= 0.3 is 0 Å². The molecule has 80 valence electrons. The van der Waals surface area contributed by atoms with Crippen molar-refractivity contribution in [3.05, 3.63) is 18.3 Å². The van der Waals surface area contributed by atoms with E-state index in [4.69, 9.17) is 0 Å². The van der Waals surface area contributed by atoms with E-state index >= 15 is 0 Å². The Morgan fingerprint density at radius 3 is 2.87 bits per heavy atom. The lowest BCUT2D eigenvalue weighted by Crippen LogP contribution is -2.19. The fourth-order valence-corrected chi connectivity index (χ4v) is 2.17. The maximum atomic E-state index is 11.6. The number of aromatic nitrogens is 3. The minimum Gasteiger partial charge on any atom is -0.265 e. The molecule has 2 aromatic heterocycles. The molecule has 6 nitrogen and oxygen atoms in total. The summed E-state index contributed by atoms with van der Waals surface area (Å²) in [5.74, 6) is 0. The quantitative estimate of drug-likeness (QED) is 0.774. The van der Waals surface area contributed by atoms with Crippen LogP contribution in [0.4, 0.5) is 0 Å². The number of sulfonamides is 1. The highest BCUT2D eigenvalue weighted by Crippen LogP contribution is 2.18. The Hall–Kier alpha value is -1.47. The first-order valence-corrected chi connectivity index (χ1v) is 5.76. The number of nitrogens with one attached hydrogen (secondary N) is 1. The Morgan fingerprint density at radius 1 is 1.47 bits per heavy atom. The predicted molar refractivity (Wildman–Crippen MR) is 54.8 cm³/mol. The van der Waals surface area contributed by atoms with Crippen molar-refractivity contribution >= 4 is 21.1 Å². The van der Waals surface area contributed by atoms with E-state index in [1.165, 1.54) is 11.7 Å². The van der Waals surface area contributed by atoms with Crippen molar-refractivity contribution in [2.45, 2.75) is 5.03 Å². The number of hydrogen-bond donors (Lipinski definition) is 1. The molecule has 2 aromatic rings. The van der Waals surface area contributed by atoms with Gasteiger partial charge in [0.2, 0.25) is 5.03 Å². The molecule has 2 heterocycles. The van der Waals surface area contributed by atoms with Crippen LogP contribution < -0.4 is 4.72 Å². The maximum Gasteiger partial charge on any atom is 0.261 e. The Balaban J connectivity index is 2.84. The summed E-state index contributed by atoms with van der Waals surface area (Å²) in [6.07, 6.45) is 1.54. The number of hydrogen-bond acceptors (Lipinski definition) is 4. The molecule has 7 heteroatoms. The summed E-state index contributed by atoms with van der Waals surface area (Å²) >= 11 is 0. The molecule has 0 bridgehead atoms. The zero-order chi connectivity index (χ0) is 11.1. The molecule has 0 aromatic carbocycles. The Bertz CT molecular complexity index is 602. The van der Waals surface area contributed by atoms with Crippen LogP contribution in [0.15, 0.2) is 23.4 Å². The highest BCUT2D eigenvalue weighted by molar-refractivity contribution is 7.89. The van der Waals surface area contributed by atoms with Crippen molar-refractivity contribution in [1.29, 1.82) is 0 Å². The molecule has 0 amide bonds. The molecule has 0 aliphatic carbocycles. The van der Waals surface area contributed by atoms with Crippen LogP contribution in [0.1, 0.15) is 0 Å². The van der Waals surface area contributed by atoms with Gasteiger partial charge in [0.05, 0.1) is 5.52 Å². The van der Waals surface area contributed by atoms with Crippen molar-refractivity contribution in [1.82, 2.24) is 19.5 Å². The Kier molecular flexibility index (Phi) is 2.20. The van der Waals surface area contributed by atoms with Gasteiger partial charge in [-0.2, -0.15) is 5.10 Å². The van der Waals surface area contributed by atoms with Crippen LogP contribution in [0.5, 0.6) is 0 Å². The molecule has 2 rings (SSSR count). The molecule has 15 heavy (non-hydrogen) atoms. The average molecular weight is 226 g/mol. The van der Waals surface area contributed by atoms with Crippen molar-refractivity contribution in [2.24, 2.45) is 7.05 Å². The van der Waals surface area contributed by atoms with Crippen molar-refractivity contribution in [3.8, 4) is 0 Å². The van der Waals surface area contributed by atoms with E-state index < -0.39 is 10.0 Å². The second-order valence-corrected chi connectivity index (χ2v) is 4.81. The normalized spacial score (nSPS) is 12.1. The van der Waals surface area contributed by atoms with Crippen LogP contribution in [0, 0.1) is 0 Å². The molecular formula is C8H10N4O2S. The van der Waals surface area contributed by atoms with E-state index in [9.17, 15) is 8.42 Å². The zero-order valence-electron chi connectivity index (χ0n) is 8.30. The maximum absolute atomic E-state index is 11.6. The smallest absolute Gasteiger partial charge is 0.261 e. The first-order valence-electron chi connectivity index (χ1n) is 4.27. The molecule has 1 N–H and O–H groups in total. The summed E-state index contributed by atoms with van der Waals surface area (Å²) in [4.78, 5) is 4.01. The molecular weight excluding hydrogens is 216 g/mol. The van der Waals surface area contributed by atoms with Crippen LogP contribution in [0.3, 0.4) is 0 Å². The van der Waals surface area contributed by atoms with E-state index in [-0.39, 0.29) is 5.03 Å². The highest BCUT2D eigenvalue weighted by atomic mass is 32.2. The van der Waals surface area contributed by atoms with Gasteiger partial charge in [0, 0.05) is 13.2 Å². The summed E-state index contributed by atoms with van der Waals surface area (Å²) in [6, 6.07) is 3.50. The fourth-order valence-electron chi connectivity index (χ4n) is 1.34. The van der Waals surface area contributed by atoms with Gasteiger partial charge in [0.1, 0.15) is 5.52 Å². The van der Waals surface area contributed by atoms with E-state index in [0.29, 0.717) is 11.0 Å². The van der Waals surface area contributed by atoms with Gasteiger partial charge in [-0.1, -0.05) is 0 Å². The van der Waals surface area contributed by atoms with Gasteiger partial charge in [-0.05, 0) is 19.2 Å². The van der Waals surface area contributed by atoms with Crippen LogP contribution in [0.25, 0.3) is 11.0 Å². The Morgan fingerprint density at radius 2 is 2.20 bits per heavy atom. The minimum absolute atomic E-state index is 0.0388. The molecule has 0 unspecified atom stereocenters. The first kappa shape index (κ1) is 10.1. The molecule has 0 aliphatic rings. The molecule has 0 aliphatic heterocycles. The molecule has 0 radical (unpaired) electrons. The van der Waals surface area contributed by atoms with E-state index in [2.05, 4.69) is 14.8 Å². The second-order valence-electron chi connectivity index (χ2n) is 3.01. The summed E-state index contributed by atoms with van der Waals surface area (Å²) in [7, 11) is -0.523. The molecule has 0 atom stereocenters. The van der Waals surface area contributed by atoms with Crippen LogP contribution in [-0.2, 0) is 17.1 Å². The third-order valence-corrected chi connectivity index (χ3v) is 3.42. The summed E-state index contributed by atoms with van der Waals surface area (Å²) in [6.45, 7) is 0. The SMILES string of the molecule is CNS(=O)(=O)c1nn(C)c2cccnc12. The lowest BCUT2D eigenvalue weighted by Gasteiger charge is -1.96. The lowest BCUT2D eigenvalue weighted by atomic mass is 10.4. The molecule has 0 spiro atoms. The van der Waals surface area contributed by atoms with E-state index in [0.717, 1.165) is 0 Å². The van der Waals surface area contributed by atoms with Crippen molar-refractivity contribution in [3.63, 3.8) is 0 Å². The summed E-state index contributed by atoms with van der Waals surface area (Å²) in [5.41, 5.74) is 1.07. The fraction of sp³-hybridized carbons (Fsp3) is 0.250. The molecule has 0 saturated heterocycles. The molecule has 0 fully saturated rings. The predicted octanol–water partition coefficient (Wildman–Crippen LogP) is -0.124. The van der Waals surface area contributed by atoms with Gasteiger partial charge in [-0.15, -0.1) is 0 Å². The van der Waals surface area contributed by atoms with Gasteiger partial charge in [-0.3, -0.25) is 9.67 Å². The van der Waals surface area contributed by atoms with Gasteiger partial charge in [0.25, 0.3) is 10.0 Å². The van der Waals surface area contributed by atoms with E-state index in [1.54, 1.807) is 25.4 Å². The second kappa shape index (κ2) is 3.28. The van der Waals surface area contributed by atoms with Gasteiger partial charge in [-0.25, -0.2) is 13.1 Å². The topological polar surface area (TPSA) is 76.9 Å². The van der Waals surface area contributed by atoms with E-state index in [1.807, 2.05) is 0 Å². The van der Waals surface area contributed by atoms with Gasteiger partial charge < -0.3 is 0 Å². The Labute approximate surface area is 87.0 Å². The summed E-state index contributed by atoms with van der Waals surface area (Å²) in [5, 5.41) is 3.90.